The molecule has 1 atom stereocenters. The molecule has 0 fully saturated rings. The van der Waals surface area contributed by atoms with Crippen LogP contribution in [0.5, 0.6) is 5.88 Å². The summed E-state index contributed by atoms with van der Waals surface area (Å²) < 4.78 is 0. The van der Waals surface area contributed by atoms with Gasteiger partial charge in [-0.3, -0.25) is 29.3 Å². The Morgan fingerprint density at radius 2 is 1.82 bits per heavy atom. The number of azo groups is 1. The minimum Gasteiger partial charge on any atom is -0.493 e. The average Bonchev–Trinajstić information content (AvgIpc) is 3.03. The quantitative estimate of drug-likeness (QED) is 0.537. The maximum Gasteiger partial charge on any atom is 0.328 e. The van der Waals surface area contributed by atoms with Gasteiger partial charge in [-0.2, -0.15) is 0 Å². The maximum atomic E-state index is 12.5. The molecule has 28 heavy (non-hydrogen) atoms. The first kappa shape index (κ1) is 17.6. The van der Waals surface area contributed by atoms with Crippen LogP contribution in [-0.4, -0.2) is 38.8 Å². The molecule has 1 aromatic carbocycles. The molecule has 2 amide bonds. The van der Waals surface area contributed by atoms with Crippen LogP contribution in [0.4, 0.5) is 11.4 Å². The summed E-state index contributed by atoms with van der Waals surface area (Å²) in [7, 11) is 1.41. The van der Waals surface area contributed by atoms with Crippen molar-refractivity contribution in [2.24, 2.45) is 10.2 Å². The van der Waals surface area contributed by atoms with Gasteiger partial charge in [0.2, 0.25) is 11.6 Å². The Bertz CT molecular complexity index is 1250. The van der Waals surface area contributed by atoms with Gasteiger partial charge in [-0.05, 0) is 18.6 Å². The van der Waals surface area contributed by atoms with Crippen LogP contribution < -0.4 is 11.2 Å². The van der Waals surface area contributed by atoms with Gasteiger partial charge in [0.1, 0.15) is 0 Å². The van der Waals surface area contributed by atoms with Crippen LogP contribution in [-0.2, 0) is 0 Å². The highest BCUT2D eigenvalue weighted by atomic mass is 16.3. The van der Waals surface area contributed by atoms with Gasteiger partial charge >= 0.3 is 5.69 Å². The van der Waals surface area contributed by atoms with Gasteiger partial charge in [0.05, 0.1) is 16.8 Å². The van der Waals surface area contributed by atoms with Gasteiger partial charge in [0, 0.05) is 18.5 Å². The third-order valence-electron chi connectivity index (χ3n) is 5.08. The SMILES string of the molecule is CC1=Cc2c(N=Nc3c(O)[nH]c(=O)[nH]c3=O)cc3c(c2C1C)C(=O)N(C)C3=O. The van der Waals surface area contributed by atoms with E-state index in [2.05, 4.69) is 10.2 Å². The Hall–Kier alpha value is -3.82. The molecule has 2 aromatic rings. The van der Waals surface area contributed by atoms with E-state index in [1.165, 1.54) is 13.1 Å². The summed E-state index contributed by atoms with van der Waals surface area (Å²) in [6.07, 6.45) is 1.85. The molecule has 0 bridgehead atoms. The van der Waals surface area contributed by atoms with Crippen molar-refractivity contribution in [3.05, 3.63) is 54.7 Å². The number of aromatic nitrogens is 2. The fraction of sp³-hybridized carbons (Fsp3) is 0.222. The molecule has 10 heteroatoms. The Labute approximate surface area is 157 Å². The topological polar surface area (TPSA) is 148 Å². The zero-order chi connectivity index (χ0) is 20.3. The molecule has 0 radical (unpaired) electrons. The van der Waals surface area contributed by atoms with Crippen LogP contribution in [0.1, 0.15) is 51.6 Å². The van der Waals surface area contributed by atoms with Gasteiger partial charge in [-0.25, -0.2) is 4.79 Å². The normalized spacial score (nSPS) is 18.0. The number of aromatic amines is 2. The standard InChI is InChI=1S/C18H15N5O5/c1-6-4-8-10(21-22-13-14(24)19-18(28)20-15(13)25)5-9-12(11(8)7(6)2)17(27)23(3)16(9)26/h4-5,7H,1-3H3,(H3,19,20,24,25,28). The number of nitrogens with zero attached hydrogens (tertiary/aromatic N) is 3. The molecule has 0 spiro atoms. The summed E-state index contributed by atoms with van der Waals surface area (Å²) in [6.45, 7) is 3.83. The highest BCUT2D eigenvalue weighted by molar-refractivity contribution is 6.23. The number of amides is 2. The van der Waals surface area contributed by atoms with E-state index < -0.39 is 28.7 Å². The molecule has 0 saturated carbocycles. The molecule has 2 heterocycles. The van der Waals surface area contributed by atoms with Crippen LogP contribution in [0.3, 0.4) is 0 Å². The maximum absolute atomic E-state index is 12.5. The van der Waals surface area contributed by atoms with E-state index in [1.54, 1.807) is 0 Å². The molecular weight excluding hydrogens is 366 g/mol. The third-order valence-corrected chi connectivity index (χ3v) is 5.08. The first-order valence-corrected chi connectivity index (χ1v) is 8.39. The fourth-order valence-corrected chi connectivity index (χ4v) is 3.47. The zero-order valence-electron chi connectivity index (χ0n) is 15.2. The van der Waals surface area contributed by atoms with Crippen molar-refractivity contribution in [3.63, 3.8) is 0 Å². The van der Waals surface area contributed by atoms with E-state index in [0.29, 0.717) is 16.7 Å². The molecule has 1 aliphatic carbocycles. The number of fused-ring (bicyclic) bond motifs is 3. The molecule has 1 unspecified atom stereocenters. The van der Waals surface area contributed by atoms with Crippen molar-refractivity contribution >= 4 is 29.3 Å². The number of benzene rings is 1. The van der Waals surface area contributed by atoms with Gasteiger partial charge in [-0.15, -0.1) is 10.2 Å². The number of carbonyl (C=O) groups is 2. The van der Waals surface area contributed by atoms with Crippen LogP contribution in [0.25, 0.3) is 6.08 Å². The zero-order valence-corrected chi connectivity index (χ0v) is 15.2. The fourth-order valence-electron chi connectivity index (χ4n) is 3.47. The number of hydrogen-bond acceptors (Lipinski definition) is 7. The number of aromatic hydroxyl groups is 1. The van der Waals surface area contributed by atoms with E-state index in [0.717, 1.165) is 10.5 Å². The van der Waals surface area contributed by atoms with Gasteiger partial charge in [0.25, 0.3) is 17.4 Å². The molecule has 142 valence electrons. The van der Waals surface area contributed by atoms with Crippen LogP contribution in [0.2, 0.25) is 0 Å². The second-order valence-electron chi connectivity index (χ2n) is 6.73. The van der Waals surface area contributed by atoms with Crippen molar-refractivity contribution in [2.75, 3.05) is 7.05 Å². The third kappa shape index (κ3) is 2.34. The average molecular weight is 381 g/mol. The molecule has 0 saturated heterocycles. The number of H-pyrrole nitrogens is 2. The van der Waals surface area contributed by atoms with Crippen molar-refractivity contribution in [2.45, 2.75) is 19.8 Å². The van der Waals surface area contributed by atoms with E-state index in [4.69, 9.17) is 0 Å². The van der Waals surface area contributed by atoms with Crippen LogP contribution in [0, 0.1) is 0 Å². The molecular formula is C18H15N5O5. The van der Waals surface area contributed by atoms with Crippen molar-refractivity contribution in [3.8, 4) is 5.88 Å². The molecule has 4 rings (SSSR count). The predicted octanol–water partition coefficient (Wildman–Crippen LogP) is 1.93. The van der Waals surface area contributed by atoms with E-state index >= 15 is 0 Å². The first-order chi connectivity index (χ1) is 13.2. The molecule has 3 N–H and O–H groups in total. The monoisotopic (exact) mass is 381 g/mol. The highest BCUT2D eigenvalue weighted by Crippen LogP contribution is 2.46. The van der Waals surface area contributed by atoms with Crippen molar-refractivity contribution < 1.29 is 14.7 Å². The second kappa shape index (κ2) is 5.84. The Kier molecular flexibility index (Phi) is 3.67. The van der Waals surface area contributed by atoms with Gasteiger partial charge in [0.15, 0.2) is 0 Å². The summed E-state index contributed by atoms with van der Waals surface area (Å²) in [5, 5.41) is 17.5. The number of allylic oxidation sites excluding steroid dienone is 1. The highest BCUT2D eigenvalue weighted by Gasteiger charge is 2.39. The van der Waals surface area contributed by atoms with E-state index in [-0.39, 0.29) is 23.1 Å². The lowest BCUT2D eigenvalue weighted by Crippen LogP contribution is -2.24. The summed E-state index contributed by atoms with van der Waals surface area (Å²) in [4.78, 5) is 53.0. The van der Waals surface area contributed by atoms with Crippen molar-refractivity contribution in [1.29, 1.82) is 0 Å². The summed E-state index contributed by atoms with van der Waals surface area (Å²) >= 11 is 0. The Morgan fingerprint density at radius 1 is 1.11 bits per heavy atom. The molecule has 1 aromatic heterocycles. The van der Waals surface area contributed by atoms with Crippen molar-refractivity contribution in [1.82, 2.24) is 14.9 Å². The second-order valence-corrected chi connectivity index (χ2v) is 6.73. The lowest BCUT2D eigenvalue weighted by molar-refractivity contribution is 0.0692. The number of imide groups is 1. The Balaban J connectivity index is 1.93. The first-order valence-electron chi connectivity index (χ1n) is 8.39. The van der Waals surface area contributed by atoms with Gasteiger partial charge in [-0.1, -0.05) is 18.6 Å². The van der Waals surface area contributed by atoms with Crippen LogP contribution >= 0.6 is 0 Å². The molecule has 2 aliphatic rings. The number of hydrogen-bond donors (Lipinski definition) is 3. The lowest BCUT2D eigenvalue weighted by Gasteiger charge is -2.13. The van der Waals surface area contributed by atoms with E-state index in [9.17, 15) is 24.3 Å². The minimum absolute atomic E-state index is 0.0907. The van der Waals surface area contributed by atoms with Crippen LogP contribution in [0.15, 0.2) is 31.5 Å². The van der Waals surface area contributed by atoms with E-state index in [1.807, 2.05) is 29.9 Å². The summed E-state index contributed by atoms with van der Waals surface area (Å²) in [5.41, 5.74) is 0.892. The predicted molar refractivity (Wildman–Crippen MR) is 98.5 cm³/mol. The summed E-state index contributed by atoms with van der Waals surface area (Å²) in [5.74, 6) is -1.63. The van der Waals surface area contributed by atoms with Gasteiger partial charge < -0.3 is 5.11 Å². The summed E-state index contributed by atoms with van der Waals surface area (Å²) in [6, 6.07) is 1.44. The lowest BCUT2D eigenvalue weighted by atomic mass is 9.90. The Morgan fingerprint density at radius 3 is 2.50 bits per heavy atom. The minimum atomic E-state index is -0.908. The number of nitrogens with one attached hydrogen (secondary N) is 2. The largest absolute Gasteiger partial charge is 0.493 e. The molecule has 1 aliphatic heterocycles. The smallest absolute Gasteiger partial charge is 0.328 e. The number of rotatable bonds is 2. The molecule has 10 nitrogen and oxygen atoms in total. The number of carbonyl (C=O) groups excluding carboxylic acids is 2.